The van der Waals surface area contributed by atoms with Gasteiger partial charge >= 0.3 is 0 Å². The molecule has 3 heterocycles. The van der Waals surface area contributed by atoms with Gasteiger partial charge in [-0.3, -0.25) is 9.20 Å². The number of pyridine rings is 1. The molecular weight excluding hydrogens is 292 g/mol. The van der Waals surface area contributed by atoms with E-state index in [1.54, 1.807) is 22.4 Å². The molecule has 0 atom stereocenters. The number of aromatic nitrogens is 2. The molecule has 4 rings (SSSR count). The summed E-state index contributed by atoms with van der Waals surface area (Å²) in [6.07, 6.45) is 2.58. The van der Waals surface area contributed by atoms with Gasteiger partial charge in [0.1, 0.15) is 11.3 Å². The molecule has 6 nitrogen and oxygen atoms in total. The minimum atomic E-state index is 0.0412. The van der Waals surface area contributed by atoms with Crippen LogP contribution in [0.4, 0.5) is 11.5 Å². The summed E-state index contributed by atoms with van der Waals surface area (Å²) in [6.45, 7) is 2.26. The standard InChI is InChI=1S/C17H14N4O2/c1-11(22)20-9-7-12-10-13(5-6-14(12)20)16-17(19-23)21-8-3-2-4-15(21)18-16/h2-6,8,10H,7,9H2,1H3. The molecule has 6 heteroatoms. The first-order valence-electron chi connectivity index (χ1n) is 7.41. The maximum atomic E-state index is 11.6. The maximum absolute atomic E-state index is 11.6. The van der Waals surface area contributed by atoms with Crippen LogP contribution in [-0.2, 0) is 11.2 Å². The van der Waals surface area contributed by atoms with E-state index in [2.05, 4.69) is 10.2 Å². The average Bonchev–Trinajstić information content (AvgIpc) is 3.15. The van der Waals surface area contributed by atoms with E-state index < -0.39 is 0 Å². The monoisotopic (exact) mass is 306 g/mol. The van der Waals surface area contributed by atoms with E-state index in [9.17, 15) is 9.70 Å². The van der Waals surface area contributed by atoms with Crippen molar-refractivity contribution in [2.75, 3.05) is 11.4 Å². The third-order valence-corrected chi connectivity index (χ3v) is 4.22. The molecule has 0 N–H and O–H groups in total. The van der Waals surface area contributed by atoms with Crippen LogP contribution in [0.1, 0.15) is 12.5 Å². The number of nitroso groups, excluding NO2 is 1. The smallest absolute Gasteiger partial charge is 0.223 e. The number of carbonyl (C=O) groups is 1. The second kappa shape index (κ2) is 5.01. The number of hydrogen-bond donors (Lipinski definition) is 0. The van der Waals surface area contributed by atoms with Gasteiger partial charge in [-0.1, -0.05) is 12.1 Å². The highest BCUT2D eigenvalue weighted by Gasteiger charge is 2.23. The number of nitrogens with zero attached hydrogens (tertiary/aromatic N) is 4. The van der Waals surface area contributed by atoms with Gasteiger partial charge < -0.3 is 4.90 Å². The Kier molecular flexibility index (Phi) is 2.97. The van der Waals surface area contributed by atoms with Gasteiger partial charge in [0.25, 0.3) is 0 Å². The summed E-state index contributed by atoms with van der Waals surface area (Å²) in [6, 6.07) is 11.3. The third-order valence-electron chi connectivity index (χ3n) is 4.22. The van der Waals surface area contributed by atoms with E-state index in [-0.39, 0.29) is 5.91 Å². The SMILES string of the molecule is CC(=O)N1CCc2cc(-c3nc4ccccn4c3N=O)ccc21. The summed E-state index contributed by atoms with van der Waals surface area (Å²) < 4.78 is 1.68. The first kappa shape index (κ1) is 13.6. The van der Waals surface area contributed by atoms with Crippen molar-refractivity contribution in [1.29, 1.82) is 0 Å². The molecule has 1 aliphatic rings. The summed E-state index contributed by atoms with van der Waals surface area (Å²) in [5.74, 6) is 0.335. The highest BCUT2D eigenvalue weighted by Crippen LogP contribution is 2.36. The van der Waals surface area contributed by atoms with Gasteiger partial charge in [0.05, 0.1) is 0 Å². The van der Waals surface area contributed by atoms with Crippen molar-refractivity contribution in [2.24, 2.45) is 5.18 Å². The van der Waals surface area contributed by atoms with Gasteiger partial charge in [-0.15, -0.1) is 4.91 Å². The Labute approximate surface area is 132 Å². The first-order valence-corrected chi connectivity index (χ1v) is 7.41. The van der Waals surface area contributed by atoms with Gasteiger partial charge in [0, 0.05) is 30.9 Å². The number of hydrogen-bond acceptors (Lipinski definition) is 4. The van der Waals surface area contributed by atoms with Crippen LogP contribution in [0.25, 0.3) is 16.9 Å². The van der Waals surface area contributed by atoms with Gasteiger partial charge in [-0.05, 0) is 41.4 Å². The van der Waals surface area contributed by atoms with Crippen molar-refractivity contribution in [3.05, 3.63) is 53.1 Å². The van der Waals surface area contributed by atoms with E-state index in [4.69, 9.17) is 0 Å². The molecule has 1 aromatic carbocycles. The highest BCUT2D eigenvalue weighted by atomic mass is 16.3. The molecule has 0 spiro atoms. The lowest BCUT2D eigenvalue weighted by Crippen LogP contribution is -2.25. The largest absolute Gasteiger partial charge is 0.312 e. The molecule has 0 radical (unpaired) electrons. The number of imidazole rings is 1. The van der Waals surface area contributed by atoms with E-state index >= 15 is 0 Å². The van der Waals surface area contributed by atoms with Crippen molar-refractivity contribution < 1.29 is 4.79 Å². The molecule has 1 amide bonds. The molecule has 0 aliphatic carbocycles. The fourth-order valence-electron chi connectivity index (χ4n) is 3.14. The van der Waals surface area contributed by atoms with Gasteiger partial charge in [0.2, 0.25) is 11.7 Å². The Morgan fingerprint density at radius 3 is 2.91 bits per heavy atom. The molecule has 0 unspecified atom stereocenters. The fraction of sp³-hybridized carbons (Fsp3) is 0.176. The van der Waals surface area contributed by atoms with Crippen LogP contribution in [0, 0.1) is 4.91 Å². The Hall–Kier alpha value is -3.02. The molecule has 0 saturated heterocycles. The molecule has 23 heavy (non-hydrogen) atoms. The Bertz CT molecular complexity index is 945. The topological polar surface area (TPSA) is 67.0 Å². The molecule has 0 saturated carbocycles. The first-order chi connectivity index (χ1) is 11.2. The zero-order valence-electron chi connectivity index (χ0n) is 12.6. The fourth-order valence-corrected chi connectivity index (χ4v) is 3.14. The molecule has 2 aromatic heterocycles. The lowest BCUT2D eigenvalue weighted by molar-refractivity contribution is -0.116. The summed E-state index contributed by atoms with van der Waals surface area (Å²) in [4.78, 5) is 29.2. The zero-order valence-corrected chi connectivity index (χ0v) is 12.6. The summed E-state index contributed by atoms with van der Waals surface area (Å²) in [5, 5.41) is 3.16. The van der Waals surface area contributed by atoms with Crippen LogP contribution >= 0.6 is 0 Å². The van der Waals surface area contributed by atoms with Gasteiger partial charge in [-0.2, -0.15) is 0 Å². The molecule has 0 bridgehead atoms. The van der Waals surface area contributed by atoms with Crippen LogP contribution in [0.15, 0.2) is 47.8 Å². The number of benzene rings is 1. The van der Waals surface area contributed by atoms with Crippen molar-refractivity contribution in [1.82, 2.24) is 9.38 Å². The van der Waals surface area contributed by atoms with Crippen LogP contribution in [0.2, 0.25) is 0 Å². The van der Waals surface area contributed by atoms with E-state index in [0.717, 1.165) is 23.2 Å². The number of carbonyl (C=O) groups excluding carboxylic acids is 1. The van der Waals surface area contributed by atoms with Crippen molar-refractivity contribution in [2.45, 2.75) is 13.3 Å². The summed E-state index contributed by atoms with van der Waals surface area (Å²) in [7, 11) is 0. The van der Waals surface area contributed by atoms with Gasteiger partial charge in [0.15, 0.2) is 0 Å². The zero-order chi connectivity index (χ0) is 16.0. The quantitative estimate of drug-likeness (QED) is 0.682. The predicted molar refractivity (Wildman–Crippen MR) is 87.8 cm³/mol. The lowest BCUT2D eigenvalue weighted by atomic mass is 10.1. The third kappa shape index (κ3) is 2.03. The Morgan fingerprint density at radius 2 is 2.13 bits per heavy atom. The number of fused-ring (bicyclic) bond motifs is 2. The van der Waals surface area contributed by atoms with E-state index in [1.165, 1.54) is 0 Å². The van der Waals surface area contributed by atoms with E-state index in [0.29, 0.717) is 23.7 Å². The van der Waals surface area contributed by atoms with Crippen molar-refractivity contribution in [3.63, 3.8) is 0 Å². The molecular formula is C17H14N4O2. The second-order valence-electron chi connectivity index (χ2n) is 5.57. The minimum absolute atomic E-state index is 0.0412. The predicted octanol–water partition coefficient (Wildman–Crippen LogP) is 3.31. The minimum Gasteiger partial charge on any atom is -0.312 e. The molecule has 1 aliphatic heterocycles. The highest BCUT2D eigenvalue weighted by molar-refractivity contribution is 5.94. The number of anilines is 1. The Balaban J connectivity index is 1.86. The van der Waals surface area contributed by atoms with Gasteiger partial charge in [-0.25, -0.2) is 4.98 Å². The van der Waals surface area contributed by atoms with Crippen LogP contribution < -0.4 is 4.90 Å². The van der Waals surface area contributed by atoms with E-state index in [1.807, 2.05) is 36.4 Å². The normalized spacial score (nSPS) is 13.3. The maximum Gasteiger partial charge on any atom is 0.223 e. The van der Waals surface area contributed by atoms with Crippen molar-refractivity contribution >= 4 is 23.1 Å². The molecule has 114 valence electrons. The average molecular weight is 306 g/mol. The van der Waals surface area contributed by atoms with Crippen LogP contribution in [0.3, 0.4) is 0 Å². The van der Waals surface area contributed by atoms with Crippen molar-refractivity contribution in [3.8, 4) is 11.3 Å². The number of rotatable bonds is 2. The molecule has 0 fully saturated rings. The summed E-state index contributed by atoms with van der Waals surface area (Å²) >= 11 is 0. The number of amides is 1. The summed E-state index contributed by atoms with van der Waals surface area (Å²) in [5.41, 5.74) is 4.11. The lowest BCUT2D eigenvalue weighted by Gasteiger charge is -2.14. The van der Waals surface area contributed by atoms with Crippen LogP contribution in [-0.4, -0.2) is 21.8 Å². The van der Waals surface area contributed by atoms with Crippen LogP contribution in [0.5, 0.6) is 0 Å². The Morgan fingerprint density at radius 1 is 1.26 bits per heavy atom. The second-order valence-corrected chi connectivity index (χ2v) is 5.57. The molecule has 3 aromatic rings.